The van der Waals surface area contributed by atoms with Crippen molar-refractivity contribution in [2.75, 3.05) is 37.9 Å². The number of aliphatic hydroxyl groups is 1. The van der Waals surface area contributed by atoms with E-state index in [0.717, 1.165) is 68.8 Å². The van der Waals surface area contributed by atoms with E-state index < -0.39 is 11.7 Å². The van der Waals surface area contributed by atoms with Gasteiger partial charge >= 0.3 is 0 Å². The van der Waals surface area contributed by atoms with Crippen molar-refractivity contribution in [3.8, 4) is 11.5 Å². The molecule has 7 unspecified atom stereocenters. The number of hydrogen-bond donors (Lipinski definition) is 1. The van der Waals surface area contributed by atoms with Crippen LogP contribution >= 0.6 is 23.5 Å². The molecule has 4 aliphatic rings. The molecule has 7 heteroatoms. The number of aliphatic hydroxyl groups excluding tert-OH is 1. The maximum atomic E-state index is 11.6. The average molecular weight is 1070 g/mol. The molecule has 0 bridgehead atoms. The van der Waals surface area contributed by atoms with E-state index in [1.807, 2.05) is 23.5 Å². The van der Waals surface area contributed by atoms with Gasteiger partial charge in [-0.25, -0.2) is 0 Å². The van der Waals surface area contributed by atoms with Gasteiger partial charge in [-0.1, -0.05) is 187 Å². The minimum atomic E-state index is -0.825. The van der Waals surface area contributed by atoms with Crippen molar-refractivity contribution in [1.29, 1.82) is 0 Å². The molecule has 8 aromatic carbocycles. The van der Waals surface area contributed by atoms with Crippen molar-refractivity contribution in [1.82, 2.24) is 0 Å². The molecule has 2 saturated heterocycles. The topological polar surface area (TPSA) is 57.2 Å². The van der Waals surface area contributed by atoms with Crippen LogP contribution in [0.3, 0.4) is 0 Å². The molecule has 7 atom stereocenters. The van der Waals surface area contributed by atoms with Gasteiger partial charge in [0.1, 0.15) is 30.8 Å². The minimum absolute atomic E-state index is 0.120. The summed E-state index contributed by atoms with van der Waals surface area (Å²) in [5, 5.41) is 18.0. The fourth-order valence-corrected chi connectivity index (χ4v) is 14.8. The Morgan fingerprint density at radius 3 is 1.31 bits per heavy atom. The van der Waals surface area contributed by atoms with Gasteiger partial charge in [-0.15, -0.1) is 0 Å². The maximum absolute atomic E-state index is 11.6. The Bertz CT molecular complexity index is 3380. The highest BCUT2D eigenvalue weighted by Gasteiger charge is 2.48. The first kappa shape index (κ1) is 53.1. The van der Waals surface area contributed by atoms with Crippen LogP contribution in [0.5, 0.6) is 11.5 Å². The molecule has 8 aromatic rings. The molecule has 1 N–H and O–H groups in total. The zero-order chi connectivity index (χ0) is 53.7. The van der Waals surface area contributed by atoms with Gasteiger partial charge in [0.05, 0.1) is 24.4 Å². The molecule has 5 nitrogen and oxygen atoms in total. The standard InChI is InChI=1S/C71H76O5S2/c1-7-68(8-2,51-21-25-53(26-22-51)71(56-31-35-59(36-32-56)74-43-60-45-77-60)40-48(6)63-38-20-50-16-12-14-18-65(50)67(63)71)75-42-57(72)41-73-58-33-29-55(30-34-58)70(39-47(5)62-37-19-49-15-11-13-17-64(49)66(62)70)54-27-23-52(24-28-54)69(9-3,10-4)76-44-61-46-78-61/h11-38,47-48,57,60-61,72H,7-10,39-46H2,1-6H3. The summed E-state index contributed by atoms with van der Waals surface area (Å²) in [4.78, 5) is 0. The van der Waals surface area contributed by atoms with Crippen LogP contribution in [0.15, 0.2) is 170 Å². The van der Waals surface area contributed by atoms with Gasteiger partial charge in [0.2, 0.25) is 0 Å². The van der Waals surface area contributed by atoms with Crippen molar-refractivity contribution >= 4 is 45.1 Å². The Kier molecular flexibility index (Phi) is 14.9. The summed E-state index contributed by atoms with van der Waals surface area (Å²) in [7, 11) is 0. The number of rotatable bonds is 22. The molecule has 402 valence electrons. The van der Waals surface area contributed by atoms with Crippen molar-refractivity contribution in [3.05, 3.63) is 225 Å². The van der Waals surface area contributed by atoms with Crippen LogP contribution in [-0.4, -0.2) is 59.6 Å². The Balaban J connectivity index is 0.783. The molecule has 0 spiro atoms. The van der Waals surface area contributed by atoms with E-state index in [4.69, 9.17) is 18.9 Å². The molecule has 2 heterocycles. The van der Waals surface area contributed by atoms with Gasteiger partial charge in [-0.3, -0.25) is 0 Å². The number of ether oxygens (including phenoxy) is 4. The first-order chi connectivity index (χ1) is 38.1. The predicted octanol–water partition coefficient (Wildman–Crippen LogP) is 16.8. The molecule has 2 aliphatic heterocycles. The predicted molar refractivity (Wildman–Crippen MR) is 325 cm³/mol. The Labute approximate surface area is 471 Å². The molecular weight excluding hydrogens is 997 g/mol. The molecule has 12 rings (SSSR count). The number of hydrogen-bond acceptors (Lipinski definition) is 7. The lowest BCUT2D eigenvalue weighted by Gasteiger charge is -2.36. The van der Waals surface area contributed by atoms with E-state index in [-0.39, 0.29) is 29.6 Å². The third-order valence-electron chi connectivity index (χ3n) is 18.6. The lowest BCUT2D eigenvalue weighted by molar-refractivity contribution is -0.0961. The highest BCUT2D eigenvalue weighted by molar-refractivity contribution is 8.07. The second-order valence-electron chi connectivity index (χ2n) is 22.9. The normalized spacial score (nSPS) is 22.8. The highest BCUT2D eigenvalue weighted by atomic mass is 32.2. The van der Waals surface area contributed by atoms with Gasteiger partial charge in [-0.2, -0.15) is 23.5 Å². The third kappa shape index (κ3) is 9.57. The Hall–Kier alpha value is -5.54. The second kappa shape index (κ2) is 21.8. The molecule has 2 fully saturated rings. The van der Waals surface area contributed by atoms with Crippen molar-refractivity contribution in [2.24, 2.45) is 0 Å². The maximum Gasteiger partial charge on any atom is 0.119 e. The van der Waals surface area contributed by atoms with Crippen LogP contribution in [0.1, 0.15) is 148 Å². The molecule has 0 radical (unpaired) electrons. The Morgan fingerprint density at radius 1 is 0.474 bits per heavy atom. The van der Waals surface area contributed by atoms with E-state index in [2.05, 4.69) is 211 Å². The third-order valence-corrected chi connectivity index (χ3v) is 20.5. The molecule has 0 saturated carbocycles. The Morgan fingerprint density at radius 2 is 0.872 bits per heavy atom. The molecule has 0 aromatic heterocycles. The fourth-order valence-electron chi connectivity index (χ4n) is 14.0. The SMILES string of the molecule is CCC(CC)(OCC(O)COc1ccc(C2(c3ccc(C(CC)(CC)OCC4CS4)cc3)CC(C)c3ccc4ccccc4c32)cc1)c1ccc(C2(c3ccc(OCC4CS4)cc3)CC(C)c3ccc4ccccc4c32)cc1. The van der Waals surface area contributed by atoms with Crippen molar-refractivity contribution in [3.63, 3.8) is 0 Å². The largest absolute Gasteiger partial charge is 0.492 e. The van der Waals surface area contributed by atoms with Gasteiger partial charge in [-0.05, 0) is 152 Å². The van der Waals surface area contributed by atoms with Crippen LogP contribution in [0.25, 0.3) is 21.5 Å². The summed E-state index contributed by atoms with van der Waals surface area (Å²) >= 11 is 3.96. The quantitative estimate of drug-likeness (QED) is 0.0679. The van der Waals surface area contributed by atoms with Crippen LogP contribution in [-0.2, 0) is 31.5 Å². The zero-order valence-corrected chi connectivity index (χ0v) is 48.1. The number of thioether (sulfide) groups is 2. The molecular formula is C71H76O5S2. The summed E-state index contributed by atoms with van der Waals surface area (Å²) < 4.78 is 26.3. The summed E-state index contributed by atoms with van der Waals surface area (Å²) in [6.45, 7) is 15.5. The minimum Gasteiger partial charge on any atom is -0.492 e. The van der Waals surface area contributed by atoms with Gasteiger partial charge < -0.3 is 24.1 Å². The lowest BCUT2D eigenvalue weighted by Crippen LogP contribution is -2.34. The van der Waals surface area contributed by atoms with E-state index >= 15 is 0 Å². The smallest absolute Gasteiger partial charge is 0.119 e. The first-order valence-corrected chi connectivity index (χ1v) is 31.1. The van der Waals surface area contributed by atoms with E-state index in [1.54, 1.807) is 0 Å². The molecule has 2 aliphatic carbocycles. The lowest BCUT2D eigenvalue weighted by atomic mass is 9.68. The summed E-state index contributed by atoms with van der Waals surface area (Å²) in [6, 6.07) is 63.4. The average Bonchev–Trinajstić information content (AvgIpc) is 4.42. The summed E-state index contributed by atoms with van der Waals surface area (Å²) in [6.07, 6.45) is 4.51. The van der Waals surface area contributed by atoms with E-state index in [0.29, 0.717) is 22.3 Å². The van der Waals surface area contributed by atoms with Crippen molar-refractivity contribution < 1.29 is 24.1 Å². The van der Waals surface area contributed by atoms with E-state index in [9.17, 15) is 5.11 Å². The van der Waals surface area contributed by atoms with Gasteiger partial charge in [0.25, 0.3) is 0 Å². The summed E-state index contributed by atoms with van der Waals surface area (Å²) in [5.41, 5.74) is 11.5. The monoisotopic (exact) mass is 1070 g/mol. The van der Waals surface area contributed by atoms with Crippen LogP contribution in [0, 0.1) is 0 Å². The zero-order valence-electron chi connectivity index (χ0n) is 46.4. The number of benzene rings is 8. The van der Waals surface area contributed by atoms with Crippen LogP contribution < -0.4 is 9.47 Å². The van der Waals surface area contributed by atoms with Crippen LogP contribution in [0.4, 0.5) is 0 Å². The van der Waals surface area contributed by atoms with E-state index in [1.165, 1.54) is 83.1 Å². The summed E-state index contributed by atoms with van der Waals surface area (Å²) in [5.74, 6) is 4.79. The first-order valence-electron chi connectivity index (χ1n) is 29.0. The molecule has 0 amide bonds. The van der Waals surface area contributed by atoms with Crippen LogP contribution in [0.2, 0.25) is 0 Å². The van der Waals surface area contributed by atoms with Gasteiger partial charge in [0.15, 0.2) is 0 Å². The number of fused-ring (bicyclic) bond motifs is 6. The highest BCUT2D eigenvalue weighted by Crippen LogP contribution is 2.58. The second-order valence-corrected chi connectivity index (χ2v) is 25.6. The van der Waals surface area contributed by atoms with Crippen molar-refractivity contribution in [2.45, 2.75) is 131 Å². The molecule has 78 heavy (non-hydrogen) atoms. The van der Waals surface area contributed by atoms with Gasteiger partial charge in [0, 0.05) is 32.8 Å². The fraction of sp³-hybridized carbons (Fsp3) is 0.380.